The SMILES string of the molecule is OCC1(NCc2ncc[nH]2)CC1. The minimum atomic E-state index is 0.00674. The van der Waals surface area contributed by atoms with Crippen molar-refractivity contribution in [3.05, 3.63) is 18.2 Å². The molecule has 0 aliphatic heterocycles. The quantitative estimate of drug-likeness (QED) is 0.592. The predicted molar refractivity (Wildman–Crippen MR) is 44.5 cm³/mol. The van der Waals surface area contributed by atoms with Crippen LogP contribution in [0.2, 0.25) is 0 Å². The summed E-state index contributed by atoms with van der Waals surface area (Å²) in [6.45, 7) is 0.946. The third kappa shape index (κ3) is 1.49. The van der Waals surface area contributed by atoms with Crippen LogP contribution in [-0.2, 0) is 6.54 Å². The summed E-state index contributed by atoms with van der Waals surface area (Å²) in [5, 5.41) is 12.3. The summed E-state index contributed by atoms with van der Waals surface area (Å²) in [6, 6.07) is 0. The monoisotopic (exact) mass is 167 g/mol. The van der Waals surface area contributed by atoms with Crippen LogP contribution in [0.3, 0.4) is 0 Å². The highest BCUT2D eigenvalue weighted by Crippen LogP contribution is 2.34. The highest BCUT2D eigenvalue weighted by molar-refractivity contribution is 5.02. The number of H-pyrrole nitrogens is 1. The van der Waals surface area contributed by atoms with Gasteiger partial charge < -0.3 is 15.4 Å². The van der Waals surface area contributed by atoms with Crippen LogP contribution in [0.15, 0.2) is 12.4 Å². The van der Waals surface area contributed by atoms with Crippen molar-refractivity contribution in [2.24, 2.45) is 0 Å². The average Bonchev–Trinajstić information content (AvgIpc) is 2.70. The number of rotatable bonds is 4. The zero-order chi connectivity index (χ0) is 8.44. The van der Waals surface area contributed by atoms with E-state index in [2.05, 4.69) is 15.3 Å². The Morgan fingerprint density at radius 2 is 2.50 bits per heavy atom. The second-order valence-corrected chi connectivity index (χ2v) is 3.33. The molecule has 0 amide bonds. The third-order valence-electron chi connectivity index (χ3n) is 2.34. The molecule has 12 heavy (non-hydrogen) atoms. The Morgan fingerprint density at radius 1 is 1.67 bits per heavy atom. The number of hydrogen-bond acceptors (Lipinski definition) is 3. The van der Waals surface area contributed by atoms with E-state index in [-0.39, 0.29) is 12.1 Å². The standard InChI is InChI=1S/C8H13N3O/c12-6-8(1-2-8)11-5-7-9-3-4-10-7/h3-4,11-12H,1-2,5-6H2,(H,9,10). The van der Waals surface area contributed by atoms with Crippen molar-refractivity contribution < 1.29 is 5.11 Å². The van der Waals surface area contributed by atoms with Crippen LogP contribution in [0.5, 0.6) is 0 Å². The fraction of sp³-hybridized carbons (Fsp3) is 0.625. The van der Waals surface area contributed by atoms with Gasteiger partial charge in [-0.25, -0.2) is 4.98 Å². The lowest BCUT2D eigenvalue weighted by Gasteiger charge is -2.12. The van der Waals surface area contributed by atoms with E-state index in [1.165, 1.54) is 0 Å². The molecule has 1 aromatic rings. The molecule has 1 aromatic heterocycles. The maximum Gasteiger partial charge on any atom is 0.120 e. The zero-order valence-electron chi connectivity index (χ0n) is 6.88. The molecule has 1 aliphatic carbocycles. The van der Waals surface area contributed by atoms with Gasteiger partial charge in [0.2, 0.25) is 0 Å². The number of aliphatic hydroxyl groups excluding tert-OH is 1. The first kappa shape index (κ1) is 7.76. The van der Waals surface area contributed by atoms with Crippen molar-refractivity contribution in [3.63, 3.8) is 0 Å². The van der Waals surface area contributed by atoms with Crippen molar-refractivity contribution in [1.82, 2.24) is 15.3 Å². The normalized spacial score (nSPS) is 19.4. The first-order valence-electron chi connectivity index (χ1n) is 4.19. The highest BCUT2D eigenvalue weighted by Gasteiger charge is 2.41. The Kier molecular flexibility index (Phi) is 1.86. The number of nitrogens with one attached hydrogen (secondary N) is 2. The molecule has 1 fully saturated rings. The van der Waals surface area contributed by atoms with E-state index in [1.54, 1.807) is 12.4 Å². The summed E-state index contributed by atoms with van der Waals surface area (Å²) < 4.78 is 0. The topological polar surface area (TPSA) is 60.9 Å². The van der Waals surface area contributed by atoms with Gasteiger partial charge in [-0.2, -0.15) is 0 Å². The molecule has 0 spiro atoms. The molecule has 0 unspecified atom stereocenters. The molecule has 0 bridgehead atoms. The Morgan fingerprint density at radius 3 is 3.00 bits per heavy atom. The number of aliphatic hydroxyl groups is 1. The third-order valence-corrected chi connectivity index (χ3v) is 2.34. The van der Waals surface area contributed by atoms with Gasteiger partial charge in [-0.1, -0.05) is 0 Å². The molecular weight excluding hydrogens is 154 g/mol. The van der Waals surface area contributed by atoms with Gasteiger partial charge >= 0.3 is 0 Å². The molecule has 1 saturated carbocycles. The first-order chi connectivity index (χ1) is 5.85. The molecule has 4 heteroatoms. The smallest absolute Gasteiger partial charge is 0.120 e. The molecule has 0 saturated heterocycles. The van der Waals surface area contributed by atoms with Crippen molar-refractivity contribution in [2.75, 3.05) is 6.61 Å². The summed E-state index contributed by atoms with van der Waals surface area (Å²) >= 11 is 0. The van der Waals surface area contributed by atoms with Crippen molar-refractivity contribution in [1.29, 1.82) is 0 Å². The lowest BCUT2D eigenvalue weighted by Crippen LogP contribution is -2.34. The highest BCUT2D eigenvalue weighted by atomic mass is 16.3. The molecule has 1 aliphatic rings. The number of aromatic amines is 1. The van der Waals surface area contributed by atoms with Crippen LogP contribution < -0.4 is 5.32 Å². The van der Waals surface area contributed by atoms with Crippen molar-refractivity contribution >= 4 is 0 Å². The molecular formula is C8H13N3O. The summed E-state index contributed by atoms with van der Waals surface area (Å²) in [4.78, 5) is 7.09. The van der Waals surface area contributed by atoms with E-state index in [0.717, 1.165) is 18.7 Å². The summed E-state index contributed by atoms with van der Waals surface area (Å²) in [5.41, 5.74) is 0.00674. The summed E-state index contributed by atoms with van der Waals surface area (Å²) in [7, 11) is 0. The number of aromatic nitrogens is 2. The van der Waals surface area contributed by atoms with Gasteiger partial charge in [-0.3, -0.25) is 0 Å². The molecule has 4 nitrogen and oxygen atoms in total. The van der Waals surface area contributed by atoms with Gasteiger partial charge in [0.1, 0.15) is 5.82 Å². The lowest BCUT2D eigenvalue weighted by atomic mass is 10.3. The molecule has 1 heterocycles. The molecule has 3 N–H and O–H groups in total. The summed E-state index contributed by atoms with van der Waals surface area (Å²) in [6.07, 6.45) is 5.68. The van der Waals surface area contributed by atoms with Gasteiger partial charge in [0.05, 0.1) is 13.2 Å². The van der Waals surface area contributed by atoms with Crippen LogP contribution in [0.25, 0.3) is 0 Å². The van der Waals surface area contributed by atoms with Crippen LogP contribution >= 0.6 is 0 Å². The van der Waals surface area contributed by atoms with Crippen LogP contribution in [0.1, 0.15) is 18.7 Å². The Labute approximate surface area is 71.0 Å². The predicted octanol–water partition coefficient (Wildman–Crippen LogP) is 0.0242. The Bertz CT molecular complexity index is 241. The largest absolute Gasteiger partial charge is 0.394 e. The van der Waals surface area contributed by atoms with Gasteiger partial charge in [0, 0.05) is 17.9 Å². The van der Waals surface area contributed by atoms with Gasteiger partial charge in [-0.15, -0.1) is 0 Å². The maximum atomic E-state index is 8.99. The first-order valence-corrected chi connectivity index (χ1v) is 4.19. The molecule has 0 radical (unpaired) electrons. The maximum absolute atomic E-state index is 8.99. The van der Waals surface area contributed by atoms with E-state index in [0.29, 0.717) is 6.54 Å². The van der Waals surface area contributed by atoms with Crippen LogP contribution in [0.4, 0.5) is 0 Å². The zero-order valence-corrected chi connectivity index (χ0v) is 6.88. The number of hydrogen-bond donors (Lipinski definition) is 3. The van der Waals surface area contributed by atoms with E-state index in [4.69, 9.17) is 5.11 Å². The van der Waals surface area contributed by atoms with Gasteiger partial charge in [0.25, 0.3) is 0 Å². The minimum Gasteiger partial charge on any atom is -0.394 e. The van der Waals surface area contributed by atoms with Crippen molar-refractivity contribution in [2.45, 2.75) is 24.9 Å². The number of imidazole rings is 1. The second-order valence-electron chi connectivity index (χ2n) is 3.33. The van der Waals surface area contributed by atoms with E-state index < -0.39 is 0 Å². The molecule has 0 atom stereocenters. The fourth-order valence-electron chi connectivity index (χ4n) is 1.21. The van der Waals surface area contributed by atoms with Gasteiger partial charge in [-0.05, 0) is 12.8 Å². The van der Waals surface area contributed by atoms with Crippen LogP contribution in [0, 0.1) is 0 Å². The minimum absolute atomic E-state index is 0.00674. The molecule has 66 valence electrons. The average molecular weight is 167 g/mol. The van der Waals surface area contributed by atoms with Gasteiger partial charge in [0.15, 0.2) is 0 Å². The summed E-state index contributed by atoms with van der Waals surface area (Å²) in [5.74, 6) is 0.926. The van der Waals surface area contributed by atoms with Crippen LogP contribution in [-0.4, -0.2) is 27.2 Å². The van der Waals surface area contributed by atoms with E-state index >= 15 is 0 Å². The molecule has 0 aromatic carbocycles. The Hall–Kier alpha value is -0.870. The second kappa shape index (κ2) is 2.88. The fourth-order valence-corrected chi connectivity index (χ4v) is 1.21. The lowest BCUT2D eigenvalue weighted by molar-refractivity contribution is 0.229. The molecule has 2 rings (SSSR count). The van der Waals surface area contributed by atoms with Crippen molar-refractivity contribution in [3.8, 4) is 0 Å². The Balaban J connectivity index is 1.83. The van der Waals surface area contributed by atoms with E-state index in [9.17, 15) is 0 Å². The number of nitrogens with zero attached hydrogens (tertiary/aromatic N) is 1. The van der Waals surface area contributed by atoms with E-state index in [1.807, 2.05) is 0 Å².